The van der Waals surface area contributed by atoms with Crippen molar-refractivity contribution >= 4 is 27.6 Å². The Hall–Kier alpha value is -3.30. The highest BCUT2D eigenvalue weighted by atomic mass is 32.2. The van der Waals surface area contributed by atoms with Gasteiger partial charge in [0, 0.05) is 6.20 Å². The summed E-state index contributed by atoms with van der Waals surface area (Å²) < 4.78 is 56.3. The van der Waals surface area contributed by atoms with Crippen molar-refractivity contribution in [1.82, 2.24) is 15.3 Å². The third-order valence-corrected chi connectivity index (χ3v) is 7.37. The van der Waals surface area contributed by atoms with Gasteiger partial charge in [0.25, 0.3) is 0 Å². The van der Waals surface area contributed by atoms with Gasteiger partial charge in [-0.05, 0) is 89.6 Å². The van der Waals surface area contributed by atoms with E-state index in [2.05, 4.69) is 20.0 Å². The number of halogens is 3. The van der Waals surface area contributed by atoms with Crippen molar-refractivity contribution in [2.45, 2.75) is 29.8 Å². The quantitative estimate of drug-likeness (QED) is 0.360. The number of piperidine rings is 1. The summed E-state index contributed by atoms with van der Waals surface area (Å²) in [5, 5.41) is 5.04. The molecule has 0 spiro atoms. The first-order chi connectivity index (χ1) is 16.9. The summed E-state index contributed by atoms with van der Waals surface area (Å²) in [6.45, 7) is 1.56. The van der Waals surface area contributed by atoms with Crippen molar-refractivity contribution in [2.75, 3.05) is 17.8 Å². The molecule has 35 heavy (non-hydrogen) atoms. The van der Waals surface area contributed by atoms with Crippen LogP contribution in [0.25, 0.3) is 21.9 Å². The number of nitrogens with one attached hydrogen (secondary N) is 2. The third kappa shape index (κ3) is 5.06. The molecule has 1 aromatic heterocycles. The normalized spacial score (nSPS) is 15.7. The van der Waals surface area contributed by atoms with Gasteiger partial charge in [-0.15, -0.1) is 0 Å². The average Bonchev–Trinajstić information content (AvgIpc) is 2.88. The minimum absolute atomic E-state index is 0.0487. The molecule has 4 aromatic rings. The number of hydrogen-bond donors (Lipinski definition) is 2. The maximum Gasteiger partial charge on any atom is 0.416 e. The van der Waals surface area contributed by atoms with E-state index in [0.29, 0.717) is 10.7 Å². The number of rotatable bonds is 5. The molecule has 0 aliphatic carbocycles. The third-order valence-electron chi connectivity index (χ3n) is 6.29. The zero-order chi connectivity index (χ0) is 24.4. The smallest absolute Gasteiger partial charge is 0.317 e. The predicted molar refractivity (Wildman–Crippen MR) is 131 cm³/mol. The molecular weight excluding hydrogens is 473 g/mol. The molecule has 5 nitrogen and oxygen atoms in total. The van der Waals surface area contributed by atoms with Gasteiger partial charge in [-0.1, -0.05) is 30.3 Å². The van der Waals surface area contributed by atoms with Crippen LogP contribution in [-0.4, -0.2) is 27.3 Å². The SMILES string of the molecule is O=S(Nc1ccncn1)c1ccc2c(-c3ccc(C(F)(F)F)cc3C3CCNCC3)cccc2c1. The van der Waals surface area contributed by atoms with Crippen LogP contribution in [0.3, 0.4) is 0 Å². The second-order valence-electron chi connectivity index (χ2n) is 8.48. The van der Waals surface area contributed by atoms with E-state index >= 15 is 0 Å². The molecule has 0 saturated carbocycles. The molecule has 2 N–H and O–H groups in total. The fourth-order valence-corrected chi connectivity index (χ4v) is 5.43. The van der Waals surface area contributed by atoms with E-state index in [9.17, 15) is 17.4 Å². The van der Waals surface area contributed by atoms with Gasteiger partial charge in [-0.3, -0.25) is 4.72 Å². The van der Waals surface area contributed by atoms with Gasteiger partial charge in [0.15, 0.2) is 11.0 Å². The Kier molecular flexibility index (Phi) is 6.53. The highest BCUT2D eigenvalue weighted by molar-refractivity contribution is 7.86. The summed E-state index contributed by atoms with van der Waals surface area (Å²) >= 11 is 0. The van der Waals surface area contributed by atoms with Crippen LogP contribution < -0.4 is 10.0 Å². The van der Waals surface area contributed by atoms with Crippen molar-refractivity contribution in [3.63, 3.8) is 0 Å². The second kappa shape index (κ2) is 9.75. The topological polar surface area (TPSA) is 66.9 Å². The van der Waals surface area contributed by atoms with Gasteiger partial charge in [0.05, 0.1) is 10.5 Å². The first-order valence-corrected chi connectivity index (χ1v) is 12.4. The van der Waals surface area contributed by atoms with E-state index in [1.807, 2.05) is 30.3 Å². The number of benzene rings is 3. The summed E-state index contributed by atoms with van der Waals surface area (Å²) in [5.41, 5.74) is 1.78. The number of alkyl halides is 3. The van der Waals surface area contributed by atoms with Gasteiger partial charge >= 0.3 is 6.18 Å². The van der Waals surface area contributed by atoms with E-state index in [0.717, 1.165) is 59.5 Å². The van der Waals surface area contributed by atoms with Crippen molar-refractivity contribution < 1.29 is 17.4 Å². The first kappa shape index (κ1) is 23.4. The Balaban J connectivity index is 1.56. The molecule has 1 aliphatic heterocycles. The van der Waals surface area contributed by atoms with Gasteiger partial charge in [-0.2, -0.15) is 13.2 Å². The molecule has 0 bridgehead atoms. The fourth-order valence-electron chi connectivity index (χ4n) is 4.57. The zero-order valence-electron chi connectivity index (χ0n) is 18.7. The lowest BCUT2D eigenvalue weighted by Gasteiger charge is -2.26. The molecule has 180 valence electrons. The fraction of sp³-hybridized carbons (Fsp3) is 0.231. The molecule has 1 saturated heterocycles. The Morgan fingerprint density at radius 2 is 1.80 bits per heavy atom. The van der Waals surface area contributed by atoms with Crippen molar-refractivity contribution in [3.05, 3.63) is 84.3 Å². The van der Waals surface area contributed by atoms with E-state index in [4.69, 9.17) is 0 Å². The maximum absolute atomic E-state index is 13.5. The molecule has 3 aromatic carbocycles. The molecule has 1 atom stereocenters. The highest BCUT2D eigenvalue weighted by Crippen LogP contribution is 2.41. The summed E-state index contributed by atoms with van der Waals surface area (Å²) in [6, 6.07) is 16.9. The molecule has 1 fully saturated rings. The van der Waals surface area contributed by atoms with Crippen LogP contribution in [0.15, 0.2) is 78.1 Å². The molecule has 2 heterocycles. The largest absolute Gasteiger partial charge is 0.416 e. The van der Waals surface area contributed by atoms with Crippen LogP contribution in [0, 0.1) is 0 Å². The number of aromatic nitrogens is 2. The summed E-state index contributed by atoms with van der Waals surface area (Å²) in [5.74, 6) is 0.496. The molecule has 1 unspecified atom stereocenters. The highest BCUT2D eigenvalue weighted by Gasteiger charge is 2.32. The van der Waals surface area contributed by atoms with Crippen LogP contribution in [0.1, 0.15) is 29.9 Å². The monoisotopic (exact) mass is 496 g/mol. The summed E-state index contributed by atoms with van der Waals surface area (Å²) in [7, 11) is -1.54. The Labute approximate surface area is 203 Å². The van der Waals surface area contributed by atoms with Crippen LogP contribution in [0.5, 0.6) is 0 Å². The second-order valence-corrected chi connectivity index (χ2v) is 9.69. The van der Waals surface area contributed by atoms with Crippen molar-refractivity contribution in [3.8, 4) is 11.1 Å². The Bertz CT molecular complexity index is 1370. The van der Waals surface area contributed by atoms with E-state index in [1.165, 1.54) is 12.4 Å². The zero-order valence-corrected chi connectivity index (χ0v) is 19.5. The van der Waals surface area contributed by atoms with Gasteiger partial charge in [0.2, 0.25) is 0 Å². The summed E-state index contributed by atoms with van der Waals surface area (Å²) in [4.78, 5) is 8.46. The minimum Gasteiger partial charge on any atom is -0.317 e. The maximum atomic E-state index is 13.5. The van der Waals surface area contributed by atoms with Crippen LogP contribution >= 0.6 is 0 Å². The molecule has 5 rings (SSSR count). The predicted octanol–water partition coefficient (Wildman–Crippen LogP) is 5.92. The standard InChI is InChI=1S/C26H23F3N4OS/c27-26(28,29)19-4-6-23(24(15-19)17-8-11-30-12-9-17)22-3-1-2-18-14-20(5-7-21(18)22)35(34)33-25-10-13-31-16-32-25/h1-7,10,13-17,30H,8-9,11-12H2,(H,31,32,33). The average molecular weight is 497 g/mol. The minimum atomic E-state index is -4.39. The van der Waals surface area contributed by atoms with Gasteiger partial charge in [0.1, 0.15) is 12.1 Å². The van der Waals surface area contributed by atoms with Crippen LogP contribution in [0.4, 0.5) is 19.0 Å². The lowest BCUT2D eigenvalue weighted by molar-refractivity contribution is -0.137. The van der Waals surface area contributed by atoms with E-state index in [1.54, 1.807) is 24.4 Å². The Morgan fingerprint density at radius 1 is 0.971 bits per heavy atom. The molecule has 0 amide bonds. The lowest BCUT2D eigenvalue weighted by atomic mass is 9.83. The number of anilines is 1. The Morgan fingerprint density at radius 3 is 2.54 bits per heavy atom. The number of nitrogens with zero attached hydrogens (tertiary/aromatic N) is 2. The summed E-state index contributed by atoms with van der Waals surface area (Å²) in [6.07, 6.45) is 0.113. The van der Waals surface area contributed by atoms with E-state index in [-0.39, 0.29) is 5.92 Å². The molecule has 0 radical (unpaired) electrons. The molecule has 1 aliphatic rings. The van der Waals surface area contributed by atoms with Crippen molar-refractivity contribution in [1.29, 1.82) is 0 Å². The number of hydrogen-bond acceptors (Lipinski definition) is 4. The van der Waals surface area contributed by atoms with Crippen LogP contribution in [-0.2, 0) is 17.2 Å². The van der Waals surface area contributed by atoms with E-state index < -0.39 is 22.7 Å². The van der Waals surface area contributed by atoms with Crippen LogP contribution in [0.2, 0.25) is 0 Å². The lowest BCUT2D eigenvalue weighted by Crippen LogP contribution is -2.27. The molecular formula is C26H23F3N4OS. The van der Waals surface area contributed by atoms with Gasteiger partial charge in [-0.25, -0.2) is 14.2 Å². The van der Waals surface area contributed by atoms with Crippen molar-refractivity contribution in [2.24, 2.45) is 0 Å². The number of fused-ring (bicyclic) bond motifs is 1. The first-order valence-electron chi connectivity index (χ1n) is 11.3. The van der Waals surface area contributed by atoms with Gasteiger partial charge < -0.3 is 5.32 Å². The molecule has 9 heteroatoms.